The van der Waals surface area contributed by atoms with E-state index in [1.807, 2.05) is 18.2 Å². The minimum absolute atomic E-state index is 0.250. The lowest BCUT2D eigenvalue weighted by atomic mass is 10.2. The van der Waals surface area contributed by atoms with Crippen LogP contribution in [0.4, 0.5) is 5.95 Å². The van der Waals surface area contributed by atoms with Crippen LogP contribution in [0.3, 0.4) is 0 Å². The van der Waals surface area contributed by atoms with Crippen molar-refractivity contribution in [3.63, 3.8) is 0 Å². The average molecular weight is 225 g/mol. The first-order chi connectivity index (χ1) is 8.31. The first-order valence-corrected chi connectivity index (χ1v) is 4.90. The first-order valence-electron chi connectivity index (χ1n) is 4.90. The van der Waals surface area contributed by atoms with E-state index in [0.717, 1.165) is 11.1 Å². The van der Waals surface area contributed by atoms with Crippen molar-refractivity contribution in [2.24, 2.45) is 7.05 Å². The first kappa shape index (κ1) is 9.54. The van der Waals surface area contributed by atoms with Crippen LogP contribution in [0.2, 0.25) is 0 Å². The molecular formula is C11H7N5O. The van der Waals surface area contributed by atoms with E-state index in [4.69, 9.17) is 11.0 Å². The maximum Gasteiger partial charge on any atom is 0.362 e. The minimum atomic E-state index is 0.250. The minimum Gasteiger partial charge on any atom is -0.443 e. The quantitative estimate of drug-likeness (QED) is 0.595. The standard InChI is InChI=1S/C11H7N5O/c1-12-11-15-14-10(16(11)2)7-4-3-5-8-9(7)13-6-17-8/h3-6H,2H3. The summed E-state index contributed by atoms with van der Waals surface area (Å²) in [5.41, 5.74) is 2.22. The van der Waals surface area contributed by atoms with E-state index in [1.165, 1.54) is 6.39 Å². The third-order valence-corrected chi connectivity index (χ3v) is 2.55. The second-order valence-electron chi connectivity index (χ2n) is 3.50. The number of para-hydroxylation sites is 1. The summed E-state index contributed by atoms with van der Waals surface area (Å²) in [6.07, 6.45) is 1.39. The van der Waals surface area contributed by atoms with Crippen LogP contribution in [0, 0.1) is 6.57 Å². The van der Waals surface area contributed by atoms with Crippen molar-refractivity contribution in [2.45, 2.75) is 0 Å². The van der Waals surface area contributed by atoms with Gasteiger partial charge in [-0.2, -0.15) is 0 Å². The van der Waals surface area contributed by atoms with Crippen molar-refractivity contribution in [3.8, 4) is 11.4 Å². The molecule has 3 aromatic rings. The lowest BCUT2D eigenvalue weighted by Crippen LogP contribution is -1.92. The molecule has 2 aromatic heterocycles. The van der Waals surface area contributed by atoms with Gasteiger partial charge in [-0.15, -0.1) is 6.57 Å². The molecule has 0 aliphatic carbocycles. The Labute approximate surface area is 96.3 Å². The molecule has 0 radical (unpaired) electrons. The zero-order valence-corrected chi connectivity index (χ0v) is 8.95. The molecule has 0 N–H and O–H groups in total. The Morgan fingerprint density at radius 3 is 3.00 bits per heavy atom. The molecule has 0 amide bonds. The van der Waals surface area contributed by atoms with Crippen LogP contribution in [-0.2, 0) is 7.05 Å². The summed E-state index contributed by atoms with van der Waals surface area (Å²) in [6.45, 7) is 6.96. The monoisotopic (exact) mass is 225 g/mol. The maximum atomic E-state index is 6.96. The molecule has 0 aliphatic rings. The normalized spacial score (nSPS) is 10.6. The van der Waals surface area contributed by atoms with Crippen molar-refractivity contribution in [1.29, 1.82) is 0 Å². The van der Waals surface area contributed by atoms with Crippen LogP contribution in [0.5, 0.6) is 0 Å². The Hall–Kier alpha value is -2.68. The number of fused-ring (bicyclic) bond motifs is 1. The van der Waals surface area contributed by atoms with Gasteiger partial charge in [-0.25, -0.2) is 4.98 Å². The van der Waals surface area contributed by atoms with Gasteiger partial charge in [0.05, 0.1) is 5.56 Å². The predicted octanol–water partition coefficient (Wildman–Crippen LogP) is 2.17. The zero-order valence-electron chi connectivity index (χ0n) is 8.95. The van der Waals surface area contributed by atoms with E-state index in [0.29, 0.717) is 11.4 Å². The highest BCUT2D eigenvalue weighted by Crippen LogP contribution is 2.27. The fraction of sp³-hybridized carbons (Fsp3) is 0.0909. The topological polar surface area (TPSA) is 61.1 Å². The van der Waals surface area contributed by atoms with Crippen molar-refractivity contribution in [2.75, 3.05) is 0 Å². The van der Waals surface area contributed by atoms with Gasteiger partial charge in [0.1, 0.15) is 5.52 Å². The lowest BCUT2D eigenvalue weighted by molar-refractivity contribution is 0.602. The van der Waals surface area contributed by atoms with Gasteiger partial charge in [0.15, 0.2) is 12.0 Å². The summed E-state index contributed by atoms with van der Waals surface area (Å²) in [4.78, 5) is 7.43. The van der Waals surface area contributed by atoms with Crippen LogP contribution in [0.1, 0.15) is 0 Å². The fourth-order valence-corrected chi connectivity index (χ4v) is 1.72. The molecule has 0 fully saturated rings. The SMILES string of the molecule is [C-]#[N+]c1nnc(-c2cccc3ocnc23)n1C. The molecule has 17 heavy (non-hydrogen) atoms. The summed E-state index contributed by atoms with van der Waals surface area (Å²) < 4.78 is 6.86. The van der Waals surface area contributed by atoms with Gasteiger partial charge in [0.25, 0.3) is 0 Å². The van der Waals surface area contributed by atoms with E-state index in [1.54, 1.807) is 11.6 Å². The van der Waals surface area contributed by atoms with Gasteiger partial charge in [0.2, 0.25) is 5.82 Å². The summed E-state index contributed by atoms with van der Waals surface area (Å²) in [5, 5.41) is 7.81. The Kier molecular flexibility index (Phi) is 1.92. The Morgan fingerprint density at radius 2 is 2.24 bits per heavy atom. The maximum absolute atomic E-state index is 6.96. The number of rotatable bonds is 1. The smallest absolute Gasteiger partial charge is 0.362 e. The third-order valence-electron chi connectivity index (χ3n) is 2.55. The Morgan fingerprint density at radius 1 is 1.35 bits per heavy atom. The summed E-state index contributed by atoms with van der Waals surface area (Å²) in [5.74, 6) is 0.857. The van der Waals surface area contributed by atoms with Crippen molar-refractivity contribution >= 4 is 17.0 Å². The van der Waals surface area contributed by atoms with Gasteiger partial charge in [-0.1, -0.05) is 11.2 Å². The van der Waals surface area contributed by atoms with Crippen LogP contribution in [0.15, 0.2) is 29.0 Å². The molecule has 0 unspecified atom stereocenters. The third kappa shape index (κ3) is 1.29. The molecule has 0 saturated heterocycles. The van der Waals surface area contributed by atoms with E-state index in [-0.39, 0.29) is 5.95 Å². The molecule has 6 nitrogen and oxygen atoms in total. The molecular weight excluding hydrogens is 218 g/mol. The lowest BCUT2D eigenvalue weighted by Gasteiger charge is -1.98. The van der Waals surface area contributed by atoms with Gasteiger partial charge >= 0.3 is 5.95 Å². The second kappa shape index (κ2) is 3.42. The van der Waals surface area contributed by atoms with Crippen molar-refractivity contribution in [3.05, 3.63) is 36.0 Å². The van der Waals surface area contributed by atoms with E-state index >= 15 is 0 Å². The molecule has 6 heteroatoms. The van der Waals surface area contributed by atoms with Crippen molar-refractivity contribution in [1.82, 2.24) is 19.7 Å². The number of nitrogens with zero attached hydrogens (tertiary/aromatic N) is 5. The van der Waals surface area contributed by atoms with E-state index in [2.05, 4.69) is 20.0 Å². The number of hydrogen-bond donors (Lipinski definition) is 0. The Bertz CT molecular complexity index is 734. The fourth-order valence-electron chi connectivity index (χ4n) is 1.72. The van der Waals surface area contributed by atoms with Gasteiger partial charge in [0, 0.05) is 7.05 Å². The second-order valence-corrected chi connectivity index (χ2v) is 3.50. The van der Waals surface area contributed by atoms with Crippen LogP contribution in [-0.4, -0.2) is 19.7 Å². The highest BCUT2D eigenvalue weighted by molar-refractivity contribution is 5.88. The average Bonchev–Trinajstić information content (AvgIpc) is 2.94. The molecule has 0 bridgehead atoms. The highest BCUT2D eigenvalue weighted by atomic mass is 16.3. The van der Waals surface area contributed by atoms with E-state index in [9.17, 15) is 0 Å². The van der Waals surface area contributed by atoms with Crippen molar-refractivity contribution < 1.29 is 4.42 Å². The van der Waals surface area contributed by atoms with Crippen LogP contribution in [0.25, 0.3) is 27.3 Å². The van der Waals surface area contributed by atoms with Gasteiger partial charge in [-0.05, 0) is 17.2 Å². The number of benzene rings is 1. The summed E-state index contributed by atoms with van der Waals surface area (Å²) >= 11 is 0. The molecule has 3 rings (SSSR count). The molecule has 0 atom stereocenters. The van der Waals surface area contributed by atoms with E-state index < -0.39 is 0 Å². The highest BCUT2D eigenvalue weighted by Gasteiger charge is 2.17. The zero-order chi connectivity index (χ0) is 11.8. The molecule has 2 heterocycles. The largest absolute Gasteiger partial charge is 0.443 e. The Balaban J connectivity index is 2.31. The summed E-state index contributed by atoms with van der Waals surface area (Å²) in [7, 11) is 1.75. The molecule has 1 aromatic carbocycles. The molecule has 0 saturated carbocycles. The molecule has 82 valence electrons. The number of oxazole rings is 1. The van der Waals surface area contributed by atoms with Crippen LogP contribution >= 0.6 is 0 Å². The van der Waals surface area contributed by atoms with Gasteiger partial charge in [-0.3, -0.25) is 4.57 Å². The van der Waals surface area contributed by atoms with Crippen LogP contribution < -0.4 is 0 Å². The van der Waals surface area contributed by atoms with Gasteiger partial charge < -0.3 is 9.26 Å². The number of hydrogen-bond acceptors (Lipinski definition) is 4. The molecule has 0 spiro atoms. The number of aromatic nitrogens is 4. The predicted molar refractivity (Wildman–Crippen MR) is 60.3 cm³/mol. The molecule has 0 aliphatic heterocycles. The summed E-state index contributed by atoms with van der Waals surface area (Å²) in [6, 6.07) is 5.57.